The summed E-state index contributed by atoms with van der Waals surface area (Å²) in [6, 6.07) is 0. The molecule has 0 aromatic carbocycles. The van der Waals surface area contributed by atoms with Gasteiger partial charge in [0.25, 0.3) is 0 Å². The summed E-state index contributed by atoms with van der Waals surface area (Å²) in [6.45, 7) is 2.02. The van der Waals surface area contributed by atoms with E-state index in [1.807, 2.05) is 6.92 Å². The monoisotopic (exact) mass is 292 g/mol. The number of aromatic amines is 1. The van der Waals surface area contributed by atoms with E-state index in [-0.39, 0.29) is 32.0 Å². The van der Waals surface area contributed by atoms with Crippen molar-refractivity contribution < 1.29 is 27.5 Å². The number of hydrogen-bond donors (Lipinski definition) is 1. The predicted octanol–water partition coefficient (Wildman–Crippen LogP) is 2.50. The fraction of sp³-hybridized carbons (Fsp3) is 0.667. The number of aryl methyl sites for hydroxylation is 1. The number of H-pyrrole nitrogens is 1. The zero-order valence-corrected chi connectivity index (χ0v) is 10.9. The molecule has 1 aromatic rings. The third-order valence-corrected chi connectivity index (χ3v) is 3.34. The van der Waals surface area contributed by atoms with Gasteiger partial charge in [0.2, 0.25) is 5.88 Å². The van der Waals surface area contributed by atoms with E-state index in [0.717, 1.165) is 12.0 Å². The topological polar surface area (TPSA) is 72.0 Å². The Morgan fingerprint density at radius 2 is 2.05 bits per heavy atom. The second-order valence-corrected chi connectivity index (χ2v) is 4.54. The number of ether oxygens (including phenoxy) is 1. The summed E-state index contributed by atoms with van der Waals surface area (Å²) in [5.41, 5.74) is -0.596. The minimum absolute atomic E-state index is 0.0265. The maximum absolute atomic E-state index is 12.6. The number of aromatic nitrogens is 2. The number of carbonyl (C=O) groups excluding carboxylic acids is 2. The molecule has 0 spiro atoms. The standard InChI is InChI=1S/C11H15F3N2O.CO2/c1-2-8-7-15-16-9(8)17-6-5-10(3-4-10)11(12,13)14;2-1-3/h7H,2-6H2,1H3,(H,15,16);. The lowest BCUT2D eigenvalue weighted by Gasteiger charge is -2.18. The quantitative estimate of drug-likeness (QED) is 0.905. The number of hydrogen-bond acceptors (Lipinski definition) is 4. The van der Waals surface area contributed by atoms with Crippen molar-refractivity contribution in [1.82, 2.24) is 10.2 Å². The van der Waals surface area contributed by atoms with Crippen LogP contribution in [0.5, 0.6) is 5.88 Å². The van der Waals surface area contributed by atoms with E-state index in [0.29, 0.717) is 5.88 Å². The molecule has 1 aromatic heterocycles. The van der Waals surface area contributed by atoms with Crippen LogP contribution in [0.1, 0.15) is 31.7 Å². The summed E-state index contributed by atoms with van der Waals surface area (Å²) < 4.78 is 43.2. The van der Waals surface area contributed by atoms with Crippen LogP contribution in [0.4, 0.5) is 13.2 Å². The molecule has 20 heavy (non-hydrogen) atoms. The minimum Gasteiger partial charge on any atom is -0.478 e. The summed E-state index contributed by atoms with van der Waals surface area (Å²) in [6.07, 6.45) is -0.994. The molecule has 1 N–H and O–H groups in total. The van der Waals surface area contributed by atoms with Gasteiger partial charge in [0, 0.05) is 5.56 Å². The molecule has 1 fully saturated rings. The lowest BCUT2D eigenvalue weighted by atomic mass is 10.0. The molecule has 112 valence electrons. The van der Waals surface area contributed by atoms with E-state index in [4.69, 9.17) is 14.3 Å². The summed E-state index contributed by atoms with van der Waals surface area (Å²) in [7, 11) is 0. The van der Waals surface area contributed by atoms with Crippen LogP contribution >= 0.6 is 0 Å². The Morgan fingerprint density at radius 1 is 1.45 bits per heavy atom. The zero-order valence-electron chi connectivity index (χ0n) is 10.9. The van der Waals surface area contributed by atoms with Crippen LogP contribution in [-0.2, 0) is 16.0 Å². The van der Waals surface area contributed by atoms with Crippen LogP contribution in [-0.4, -0.2) is 29.1 Å². The van der Waals surface area contributed by atoms with Crippen LogP contribution in [0.15, 0.2) is 6.20 Å². The first-order valence-electron chi connectivity index (χ1n) is 6.11. The summed E-state index contributed by atoms with van der Waals surface area (Å²) in [5.74, 6) is 0.491. The molecule has 8 heteroatoms. The second-order valence-electron chi connectivity index (χ2n) is 4.54. The van der Waals surface area contributed by atoms with Gasteiger partial charge in [-0.25, -0.2) is 5.10 Å². The van der Waals surface area contributed by atoms with Gasteiger partial charge in [-0.1, -0.05) is 6.92 Å². The Morgan fingerprint density at radius 3 is 2.50 bits per heavy atom. The Labute approximate surface area is 113 Å². The van der Waals surface area contributed by atoms with Gasteiger partial charge in [-0.2, -0.15) is 27.9 Å². The highest BCUT2D eigenvalue weighted by atomic mass is 19.4. The fourth-order valence-electron chi connectivity index (χ4n) is 1.85. The highest BCUT2D eigenvalue weighted by molar-refractivity contribution is 5.22. The van der Waals surface area contributed by atoms with Gasteiger partial charge in [-0.15, -0.1) is 0 Å². The molecule has 0 amide bonds. The molecule has 2 rings (SSSR count). The average molecular weight is 292 g/mol. The number of rotatable bonds is 5. The van der Waals surface area contributed by atoms with Crippen LogP contribution in [0, 0.1) is 5.41 Å². The van der Waals surface area contributed by atoms with Crippen molar-refractivity contribution in [2.24, 2.45) is 5.41 Å². The van der Waals surface area contributed by atoms with Gasteiger partial charge in [0.05, 0.1) is 18.2 Å². The van der Waals surface area contributed by atoms with Gasteiger partial charge < -0.3 is 4.74 Å². The first-order chi connectivity index (χ1) is 9.40. The van der Waals surface area contributed by atoms with Crippen molar-refractivity contribution in [2.75, 3.05) is 6.61 Å². The van der Waals surface area contributed by atoms with Crippen LogP contribution < -0.4 is 4.74 Å². The molecule has 1 aliphatic rings. The van der Waals surface area contributed by atoms with Crippen LogP contribution in [0.25, 0.3) is 0 Å². The molecule has 0 radical (unpaired) electrons. The van der Waals surface area contributed by atoms with Crippen molar-refractivity contribution >= 4 is 6.15 Å². The summed E-state index contributed by atoms with van der Waals surface area (Å²) in [4.78, 5) is 16.2. The molecular weight excluding hydrogens is 277 g/mol. The average Bonchev–Trinajstić information content (AvgIpc) is 3.03. The number of nitrogens with zero attached hydrogens (tertiary/aromatic N) is 1. The number of alkyl halides is 3. The van der Waals surface area contributed by atoms with Gasteiger partial charge in [-0.05, 0) is 25.7 Å². The molecule has 0 aliphatic heterocycles. The lowest BCUT2D eigenvalue weighted by molar-refractivity contribution is -0.192. The normalized spacial score (nSPS) is 15.8. The number of nitrogens with one attached hydrogen (secondary N) is 1. The van der Waals surface area contributed by atoms with Gasteiger partial charge in [-0.3, -0.25) is 0 Å². The number of halogens is 3. The van der Waals surface area contributed by atoms with Crippen molar-refractivity contribution in [2.45, 2.75) is 38.8 Å². The van der Waals surface area contributed by atoms with Gasteiger partial charge >= 0.3 is 12.3 Å². The Balaban J connectivity index is 0.000000612. The maximum atomic E-state index is 12.6. The molecule has 5 nitrogen and oxygen atoms in total. The van der Waals surface area contributed by atoms with E-state index >= 15 is 0 Å². The predicted molar refractivity (Wildman–Crippen MR) is 60.8 cm³/mol. The molecule has 0 atom stereocenters. The van der Waals surface area contributed by atoms with E-state index < -0.39 is 11.6 Å². The van der Waals surface area contributed by atoms with E-state index in [1.165, 1.54) is 0 Å². The largest absolute Gasteiger partial charge is 0.478 e. The molecule has 0 bridgehead atoms. The van der Waals surface area contributed by atoms with Gasteiger partial charge in [0.15, 0.2) is 0 Å². The summed E-state index contributed by atoms with van der Waals surface area (Å²) >= 11 is 0. The second kappa shape index (κ2) is 6.56. The van der Waals surface area contributed by atoms with E-state index in [2.05, 4.69) is 10.2 Å². The fourth-order valence-corrected chi connectivity index (χ4v) is 1.85. The third kappa shape index (κ3) is 3.84. The van der Waals surface area contributed by atoms with Crippen LogP contribution in [0.3, 0.4) is 0 Å². The van der Waals surface area contributed by atoms with Crippen molar-refractivity contribution in [3.63, 3.8) is 0 Å². The van der Waals surface area contributed by atoms with E-state index in [1.54, 1.807) is 6.20 Å². The molecule has 1 saturated carbocycles. The molecule has 0 saturated heterocycles. The summed E-state index contributed by atoms with van der Waals surface area (Å²) in [5, 5.41) is 6.45. The first kappa shape index (κ1) is 16.2. The van der Waals surface area contributed by atoms with Gasteiger partial charge in [0.1, 0.15) is 0 Å². The smallest absolute Gasteiger partial charge is 0.394 e. The van der Waals surface area contributed by atoms with Crippen molar-refractivity contribution in [3.05, 3.63) is 11.8 Å². The SMILES string of the molecule is CCc1cn[nH]c1OCCC1(C(F)(F)F)CC1.O=C=O. The zero-order chi connectivity index (χ0) is 15.2. The van der Waals surface area contributed by atoms with Crippen LogP contribution in [0.2, 0.25) is 0 Å². The minimum atomic E-state index is -4.10. The first-order valence-corrected chi connectivity index (χ1v) is 6.11. The highest BCUT2D eigenvalue weighted by Crippen LogP contribution is 2.59. The molecule has 1 heterocycles. The van der Waals surface area contributed by atoms with Crippen molar-refractivity contribution in [3.8, 4) is 5.88 Å². The Bertz CT molecular complexity index is 461. The molecule has 1 aliphatic carbocycles. The third-order valence-electron chi connectivity index (χ3n) is 3.34. The molecule has 0 unspecified atom stereocenters. The maximum Gasteiger partial charge on any atom is 0.394 e. The Hall–Kier alpha value is -1.82. The molecular formula is C12H15F3N2O3. The van der Waals surface area contributed by atoms with E-state index in [9.17, 15) is 13.2 Å². The van der Waals surface area contributed by atoms with Crippen molar-refractivity contribution in [1.29, 1.82) is 0 Å². The highest BCUT2D eigenvalue weighted by Gasteiger charge is 2.62. The lowest BCUT2D eigenvalue weighted by Crippen LogP contribution is -2.26. The Kier molecular flexibility index (Phi) is 5.33.